The molecule has 2 fully saturated rings. The molecule has 78 valence electrons. The van der Waals surface area contributed by atoms with Crippen LogP contribution in [-0.4, -0.2) is 24.8 Å². The lowest BCUT2D eigenvalue weighted by molar-refractivity contribution is -0.140. The van der Waals surface area contributed by atoms with Crippen LogP contribution in [0.3, 0.4) is 0 Å². The third-order valence-electron chi connectivity index (χ3n) is 2.93. The molecule has 3 atom stereocenters. The SMILES string of the molecule is C=C(C)C(=O)OCC1CCCC2OC12. The zero-order valence-corrected chi connectivity index (χ0v) is 8.49. The molecule has 1 heterocycles. The van der Waals surface area contributed by atoms with Crippen molar-refractivity contribution in [3.8, 4) is 0 Å². The van der Waals surface area contributed by atoms with Crippen molar-refractivity contribution in [3.05, 3.63) is 12.2 Å². The molecule has 0 aromatic carbocycles. The number of hydrogen-bond donors (Lipinski definition) is 0. The second-order valence-electron chi connectivity index (χ2n) is 4.21. The number of rotatable bonds is 3. The Bertz CT molecular complexity index is 259. The average Bonchev–Trinajstić information content (AvgIpc) is 2.92. The predicted octanol–water partition coefficient (Wildman–Crippen LogP) is 1.67. The molecule has 1 saturated heterocycles. The lowest BCUT2D eigenvalue weighted by Gasteiger charge is -2.17. The predicted molar refractivity (Wildman–Crippen MR) is 51.8 cm³/mol. The Morgan fingerprint density at radius 1 is 1.57 bits per heavy atom. The van der Waals surface area contributed by atoms with Crippen LogP contribution in [-0.2, 0) is 14.3 Å². The standard InChI is InChI=1S/C11H16O3/c1-7(2)11(12)13-6-8-4-3-5-9-10(8)14-9/h8-10H,1,3-6H2,2H3. The lowest BCUT2D eigenvalue weighted by Crippen LogP contribution is -2.23. The molecule has 2 rings (SSSR count). The van der Waals surface area contributed by atoms with Crippen molar-refractivity contribution in [1.82, 2.24) is 0 Å². The molecule has 1 aliphatic carbocycles. The van der Waals surface area contributed by atoms with Gasteiger partial charge in [0.2, 0.25) is 0 Å². The van der Waals surface area contributed by atoms with Crippen LogP contribution in [0.25, 0.3) is 0 Å². The molecule has 0 aromatic rings. The second-order valence-corrected chi connectivity index (χ2v) is 4.21. The van der Waals surface area contributed by atoms with Crippen molar-refractivity contribution < 1.29 is 14.3 Å². The highest BCUT2D eigenvalue weighted by molar-refractivity contribution is 5.86. The highest BCUT2D eigenvalue weighted by Crippen LogP contribution is 2.40. The molecule has 2 aliphatic rings. The summed E-state index contributed by atoms with van der Waals surface area (Å²) in [6.07, 6.45) is 4.30. The fraction of sp³-hybridized carbons (Fsp3) is 0.727. The van der Waals surface area contributed by atoms with Crippen LogP contribution >= 0.6 is 0 Å². The summed E-state index contributed by atoms with van der Waals surface area (Å²) in [5.74, 6) is 0.129. The van der Waals surface area contributed by atoms with Gasteiger partial charge in [0.15, 0.2) is 0 Å². The van der Waals surface area contributed by atoms with E-state index in [1.165, 1.54) is 12.8 Å². The van der Waals surface area contributed by atoms with E-state index in [9.17, 15) is 4.79 Å². The summed E-state index contributed by atoms with van der Waals surface area (Å²) in [5.41, 5.74) is 0.467. The molecule has 3 heteroatoms. The molecule has 3 nitrogen and oxygen atoms in total. The molecule has 0 aromatic heterocycles. The second kappa shape index (κ2) is 3.73. The van der Waals surface area contributed by atoms with Gasteiger partial charge in [0.05, 0.1) is 18.8 Å². The molecular weight excluding hydrogens is 180 g/mol. The number of carbonyl (C=O) groups is 1. The van der Waals surface area contributed by atoms with Gasteiger partial charge in [-0.15, -0.1) is 0 Å². The summed E-state index contributed by atoms with van der Waals surface area (Å²) in [5, 5.41) is 0. The summed E-state index contributed by atoms with van der Waals surface area (Å²) in [7, 11) is 0. The minimum absolute atomic E-state index is 0.284. The smallest absolute Gasteiger partial charge is 0.333 e. The van der Waals surface area contributed by atoms with Crippen molar-refractivity contribution in [2.24, 2.45) is 5.92 Å². The van der Waals surface area contributed by atoms with Crippen molar-refractivity contribution in [1.29, 1.82) is 0 Å². The molecule has 14 heavy (non-hydrogen) atoms. The molecular formula is C11H16O3. The van der Waals surface area contributed by atoms with Gasteiger partial charge in [0.1, 0.15) is 0 Å². The van der Waals surface area contributed by atoms with E-state index in [0.717, 1.165) is 6.42 Å². The van der Waals surface area contributed by atoms with Gasteiger partial charge >= 0.3 is 5.97 Å². The van der Waals surface area contributed by atoms with Crippen molar-refractivity contribution in [2.45, 2.75) is 38.4 Å². The Labute approximate surface area is 84.1 Å². The van der Waals surface area contributed by atoms with Crippen LogP contribution in [0.15, 0.2) is 12.2 Å². The van der Waals surface area contributed by atoms with Gasteiger partial charge in [-0.25, -0.2) is 4.79 Å². The van der Waals surface area contributed by atoms with Gasteiger partial charge in [-0.05, 0) is 19.8 Å². The molecule has 0 N–H and O–H groups in total. The van der Waals surface area contributed by atoms with E-state index in [4.69, 9.17) is 9.47 Å². The lowest BCUT2D eigenvalue weighted by atomic mass is 9.90. The molecule has 0 radical (unpaired) electrons. The number of hydrogen-bond acceptors (Lipinski definition) is 3. The first kappa shape index (κ1) is 9.71. The van der Waals surface area contributed by atoms with Crippen LogP contribution in [0.1, 0.15) is 26.2 Å². The topological polar surface area (TPSA) is 38.8 Å². The van der Waals surface area contributed by atoms with Gasteiger partial charge < -0.3 is 9.47 Å². The minimum atomic E-state index is -0.284. The molecule has 3 unspecified atom stereocenters. The average molecular weight is 196 g/mol. The fourth-order valence-electron chi connectivity index (χ4n) is 2.03. The van der Waals surface area contributed by atoms with Gasteiger partial charge in [-0.1, -0.05) is 13.0 Å². The largest absolute Gasteiger partial charge is 0.462 e. The Morgan fingerprint density at radius 3 is 3.07 bits per heavy atom. The molecule has 0 spiro atoms. The summed E-state index contributed by atoms with van der Waals surface area (Å²) in [6.45, 7) is 5.70. The van der Waals surface area contributed by atoms with E-state index < -0.39 is 0 Å². The van der Waals surface area contributed by atoms with Crippen LogP contribution in [0, 0.1) is 5.92 Å². The third kappa shape index (κ3) is 1.98. The van der Waals surface area contributed by atoms with Crippen LogP contribution in [0.2, 0.25) is 0 Å². The molecule has 0 bridgehead atoms. The number of fused-ring (bicyclic) bond motifs is 1. The number of esters is 1. The van der Waals surface area contributed by atoms with Crippen LogP contribution in [0.4, 0.5) is 0 Å². The first-order valence-electron chi connectivity index (χ1n) is 5.16. The first-order valence-corrected chi connectivity index (χ1v) is 5.16. The zero-order valence-electron chi connectivity index (χ0n) is 8.49. The van der Waals surface area contributed by atoms with E-state index in [1.54, 1.807) is 6.92 Å². The van der Waals surface area contributed by atoms with E-state index >= 15 is 0 Å². The number of ether oxygens (including phenoxy) is 2. The first-order chi connectivity index (χ1) is 6.68. The monoisotopic (exact) mass is 196 g/mol. The van der Waals surface area contributed by atoms with Crippen LogP contribution < -0.4 is 0 Å². The summed E-state index contributed by atoms with van der Waals surface area (Å²) in [4.78, 5) is 11.1. The Morgan fingerprint density at radius 2 is 2.36 bits per heavy atom. The fourth-order valence-corrected chi connectivity index (χ4v) is 2.03. The zero-order chi connectivity index (χ0) is 10.1. The van der Waals surface area contributed by atoms with E-state index in [0.29, 0.717) is 30.3 Å². The molecule has 1 saturated carbocycles. The van der Waals surface area contributed by atoms with Crippen LogP contribution in [0.5, 0.6) is 0 Å². The maximum atomic E-state index is 11.1. The Kier molecular flexibility index (Phi) is 2.59. The van der Waals surface area contributed by atoms with Crippen molar-refractivity contribution in [3.63, 3.8) is 0 Å². The summed E-state index contributed by atoms with van der Waals surface area (Å²) < 4.78 is 10.6. The van der Waals surface area contributed by atoms with Gasteiger partial charge in [0.25, 0.3) is 0 Å². The van der Waals surface area contributed by atoms with E-state index in [1.807, 2.05) is 0 Å². The third-order valence-corrected chi connectivity index (χ3v) is 2.93. The number of carbonyl (C=O) groups excluding carboxylic acids is 1. The molecule has 1 aliphatic heterocycles. The van der Waals surface area contributed by atoms with Gasteiger partial charge in [-0.3, -0.25) is 0 Å². The number of epoxide rings is 1. The van der Waals surface area contributed by atoms with E-state index in [-0.39, 0.29) is 5.97 Å². The quantitative estimate of drug-likeness (QED) is 0.391. The van der Waals surface area contributed by atoms with Crippen molar-refractivity contribution in [2.75, 3.05) is 6.61 Å². The van der Waals surface area contributed by atoms with E-state index in [2.05, 4.69) is 6.58 Å². The Balaban J connectivity index is 1.75. The van der Waals surface area contributed by atoms with Gasteiger partial charge in [-0.2, -0.15) is 0 Å². The summed E-state index contributed by atoms with van der Waals surface area (Å²) >= 11 is 0. The Hall–Kier alpha value is -0.830. The van der Waals surface area contributed by atoms with Crippen molar-refractivity contribution >= 4 is 5.97 Å². The summed E-state index contributed by atoms with van der Waals surface area (Å²) in [6, 6.07) is 0. The molecule has 0 amide bonds. The van der Waals surface area contributed by atoms with Gasteiger partial charge in [0, 0.05) is 11.5 Å². The highest BCUT2D eigenvalue weighted by atomic mass is 16.6. The maximum absolute atomic E-state index is 11.1. The highest BCUT2D eigenvalue weighted by Gasteiger charge is 2.47. The normalized spacial score (nSPS) is 34.5. The maximum Gasteiger partial charge on any atom is 0.333 e. The minimum Gasteiger partial charge on any atom is -0.462 e.